The number of carbonyl (C=O) groups is 2. The molecule has 0 bridgehead atoms. The van der Waals surface area contributed by atoms with Gasteiger partial charge >= 0.3 is 0 Å². The fraction of sp³-hybridized carbons (Fsp3) is 0. The average molecular weight is 368 g/mol. The third kappa shape index (κ3) is 3.06. The molecule has 7 heteroatoms. The maximum Gasteiger partial charge on any atom is 0.283 e. The van der Waals surface area contributed by atoms with Crippen LogP contribution < -0.4 is 10.2 Å². The molecular formula is C16H9Cl3N2O2. The molecule has 0 spiro atoms. The van der Waals surface area contributed by atoms with Gasteiger partial charge in [0.1, 0.15) is 10.7 Å². The van der Waals surface area contributed by atoms with Gasteiger partial charge in [-0.25, -0.2) is 4.90 Å². The van der Waals surface area contributed by atoms with Gasteiger partial charge in [-0.05, 0) is 30.3 Å². The SMILES string of the molecule is O=C1C(Cl)=C(Nc2cc(Cl)cc(Cl)c2)C(=O)N1c1ccccc1. The van der Waals surface area contributed by atoms with E-state index in [2.05, 4.69) is 5.32 Å². The van der Waals surface area contributed by atoms with Gasteiger partial charge in [0.2, 0.25) is 0 Å². The lowest BCUT2D eigenvalue weighted by Gasteiger charge is -2.15. The molecule has 0 saturated heterocycles. The summed E-state index contributed by atoms with van der Waals surface area (Å²) in [6, 6.07) is 13.3. The fourth-order valence-corrected chi connectivity index (χ4v) is 2.93. The summed E-state index contributed by atoms with van der Waals surface area (Å²) in [5, 5.41) is 3.43. The Bertz CT molecular complexity index is 814. The van der Waals surface area contributed by atoms with Crippen molar-refractivity contribution in [2.24, 2.45) is 0 Å². The number of para-hydroxylation sites is 1. The van der Waals surface area contributed by atoms with Crippen molar-refractivity contribution < 1.29 is 9.59 Å². The fourth-order valence-electron chi connectivity index (χ4n) is 2.19. The van der Waals surface area contributed by atoms with Crippen molar-refractivity contribution in [3.63, 3.8) is 0 Å². The van der Waals surface area contributed by atoms with Gasteiger partial charge in [0.25, 0.3) is 11.8 Å². The second-order valence-corrected chi connectivity index (χ2v) is 6.00. The van der Waals surface area contributed by atoms with Crippen LogP contribution in [0.3, 0.4) is 0 Å². The Morgan fingerprint density at radius 1 is 0.826 bits per heavy atom. The number of nitrogens with one attached hydrogen (secondary N) is 1. The zero-order chi connectivity index (χ0) is 16.6. The Labute approximate surface area is 147 Å². The van der Waals surface area contributed by atoms with Crippen molar-refractivity contribution >= 4 is 58.0 Å². The maximum atomic E-state index is 12.5. The molecule has 1 heterocycles. The number of imide groups is 1. The van der Waals surface area contributed by atoms with E-state index in [9.17, 15) is 9.59 Å². The predicted molar refractivity (Wildman–Crippen MR) is 91.9 cm³/mol. The van der Waals surface area contributed by atoms with E-state index in [-0.39, 0.29) is 10.7 Å². The van der Waals surface area contributed by atoms with Crippen molar-refractivity contribution in [1.29, 1.82) is 0 Å². The Balaban J connectivity index is 1.94. The average Bonchev–Trinajstić information content (AvgIpc) is 2.71. The zero-order valence-electron chi connectivity index (χ0n) is 11.5. The van der Waals surface area contributed by atoms with E-state index in [0.717, 1.165) is 4.90 Å². The summed E-state index contributed by atoms with van der Waals surface area (Å²) >= 11 is 17.9. The van der Waals surface area contributed by atoms with Gasteiger partial charge in [-0.15, -0.1) is 0 Å². The zero-order valence-corrected chi connectivity index (χ0v) is 13.8. The van der Waals surface area contributed by atoms with Crippen molar-refractivity contribution in [1.82, 2.24) is 0 Å². The second-order valence-electron chi connectivity index (χ2n) is 4.75. The van der Waals surface area contributed by atoms with Crippen molar-refractivity contribution in [2.45, 2.75) is 0 Å². The van der Waals surface area contributed by atoms with Gasteiger partial charge in [0.15, 0.2) is 0 Å². The van der Waals surface area contributed by atoms with Gasteiger partial charge in [-0.2, -0.15) is 0 Å². The highest BCUT2D eigenvalue weighted by Gasteiger charge is 2.38. The van der Waals surface area contributed by atoms with E-state index in [0.29, 0.717) is 21.4 Å². The summed E-state index contributed by atoms with van der Waals surface area (Å²) in [5.41, 5.74) is 0.896. The lowest BCUT2D eigenvalue weighted by Crippen LogP contribution is -2.32. The van der Waals surface area contributed by atoms with Crippen molar-refractivity contribution in [3.8, 4) is 0 Å². The molecule has 2 aromatic rings. The normalized spacial score (nSPS) is 14.7. The Hall–Kier alpha value is -2.01. The first kappa shape index (κ1) is 15.9. The molecule has 1 N–H and O–H groups in total. The monoisotopic (exact) mass is 366 g/mol. The Morgan fingerprint density at radius 2 is 1.43 bits per heavy atom. The number of halogens is 3. The van der Waals surface area contributed by atoms with Crippen LogP contribution in [0.2, 0.25) is 10.0 Å². The van der Waals surface area contributed by atoms with Gasteiger partial charge < -0.3 is 5.32 Å². The highest BCUT2D eigenvalue weighted by atomic mass is 35.5. The second kappa shape index (κ2) is 6.24. The molecule has 0 aliphatic carbocycles. The van der Waals surface area contributed by atoms with Gasteiger partial charge in [-0.3, -0.25) is 9.59 Å². The van der Waals surface area contributed by atoms with E-state index in [1.165, 1.54) is 0 Å². The minimum atomic E-state index is -0.585. The molecule has 1 aliphatic heterocycles. The highest BCUT2D eigenvalue weighted by Crippen LogP contribution is 2.31. The summed E-state index contributed by atoms with van der Waals surface area (Å²) in [6.45, 7) is 0. The lowest BCUT2D eigenvalue weighted by atomic mass is 10.3. The van der Waals surface area contributed by atoms with E-state index in [4.69, 9.17) is 34.8 Å². The number of nitrogens with zero attached hydrogens (tertiary/aromatic N) is 1. The van der Waals surface area contributed by atoms with Gasteiger partial charge in [-0.1, -0.05) is 53.0 Å². The van der Waals surface area contributed by atoms with Crippen LogP contribution in [0, 0.1) is 0 Å². The van der Waals surface area contributed by atoms with Crippen LogP contribution in [0.25, 0.3) is 0 Å². The maximum absolute atomic E-state index is 12.5. The molecule has 0 saturated carbocycles. The first-order chi connectivity index (χ1) is 11.0. The van der Waals surface area contributed by atoms with Crippen LogP contribution in [0.15, 0.2) is 59.3 Å². The number of carbonyl (C=O) groups excluding carboxylic acids is 2. The molecular weight excluding hydrogens is 359 g/mol. The lowest BCUT2D eigenvalue weighted by molar-refractivity contribution is -0.120. The van der Waals surface area contributed by atoms with Crippen molar-refractivity contribution in [2.75, 3.05) is 10.2 Å². The van der Waals surface area contributed by atoms with Crippen LogP contribution in [-0.2, 0) is 9.59 Å². The number of anilines is 2. The van der Waals surface area contributed by atoms with Crippen molar-refractivity contribution in [3.05, 3.63) is 69.3 Å². The number of rotatable bonds is 3. The summed E-state index contributed by atoms with van der Waals surface area (Å²) in [6.07, 6.45) is 0. The van der Waals surface area contributed by atoms with Crippen LogP contribution in [0.1, 0.15) is 0 Å². The Kier molecular flexibility index (Phi) is 4.31. The molecule has 116 valence electrons. The molecule has 0 radical (unpaired) electrons. The largest absolute Gasteiger partial charge is 0.350 e. The summed E-state index contributed by atoms with van der Waals surface area (Å²) < 4.78 is 0. The summed E-state index contributed by atoms with van der Waals surface area (Å²) in [5.74, 6) is -1.12. The third-order valence-electron chi connectivity index (χ3n) is 3.17. The molecule has 3 rings (SSSR count). The first-order valence-corrected chi connectivity index (χ1v) is 7.67. The van der Waals surface area contributed by atoms with Crippen LogP contribution >= 0.6 is 34.8 Å². The number of hydrogen-bond donors (Lipinski definition) is 1. The topological polar surface area (TPSA) is 49.4 Å². The van der Waals surface area contributed by atoms with E-state index < -0.39 is 11.8 Å². The quantitative estimate of drug-likeness (QED) is 0.817. The van der Waals surface area contributed by atoms with Gasteiger partial charge in [0.05, 0.1) is 5.69 Å². The molecule has 23 heavy (non-hydrogen) atoms. The number of benzene rings is 2. The molecule has 1 aliphatic rings. The number of hydrogen-bond acceptors (Lipinski definition) is 3. The molecule has 0 aromatic heterocycles. The first-order valence-electron chi connectivity index (χ1n) is 6.54. The molecule has 2 amide bonds. The van der Waals surface area contributed by atoms with Crippen LogP contribution in [0.4, 0.5) is 11.4 Å². The van der Waals surface area contributed by atoms with Gasteiger partial charge in [0, 0.05) is 15.7 Å². The third-order valence-corrected chi connectivity index (χ3v) is 3.96. The smallest absolute Gasteiger partial charge is 0.283 e. The standard InChI is InChI=1S/C16H9Cl3N2O2/c17-9-6-10(18)8-11(7-9)20-14-13(19)15(22)21(16(14)23)12-4-2-1-3-5-12/h1-8,20H. The molecule has 0 fully saturated rings. The van der Waals surface area contributed by atoms with E-state index in [1.807, 2.05) is 0 Å². The minimum Gasteiger partial charge on any atom is -0.350 e. The van der Waals surface area contributed by atoms with E-state index >= 15 is 0 Å². The summed E-state index contributed by atoms with van der Waals surface area (Å²) in [7, 11) is 0. The number of amides is 2. The Morgan fingerprint density at radius 3 is 2.04 bits per heavy atom. The highest BCUT2D eigenvalue weighted by molar-refractivity contribution is 6.53. The molecule has 2 aromatic carbocycles. The molecule has 0 atom stereocenters. The molecule has 0 unspecified atom stereocenters. The van der Waals surface area contributed by atoms with E-state index in [1.54, 1.807) is 48.5 Å². The summed E-state index contributed by atoms with van der Waals surface area (Å²) in [4.78, 5) is 25.8. The predicted octanol–water partition coefficient (Wildman–Crippen LogP) is 4.43. The van der Waals surface area contributed by atoms with Crippen LogP contribution in [-0.4, -0.2) is 11.8 Å². The molecule has 4 nitrogen and oxygen atoms in total. The van der Waals surface area contributed by atoms with Crippen LogP contribution in [0.5, 0.6) is 0 Å². The minimum absolute atomic E-state index is 0.0150.